The van der Waals surface area contributed by atoms with Crippen molar-refractivity contribution in [1.82, 2.24) is 15.4 Å². The van der Waals surface area contributed by atoms with E-state index in [1.165, 1.54) is 13.5 Å². The van der Waals surface area contributed by atoms with Crippen molar-refractivity contribution in [2.75, 3.05) is 20.1 Å². The van der Waals surface area contributed by atoms with E-state index in [0.717, 1.165) is 31.0 Å². The predicted octanol–water partition coefficient (Wildman–Crippen LogP) is 2.70. The number of hydrogen-bond acceptors (Lipinski definition) is 3. The number of halogens is 1. The van der Waals surface area contributed by atoms with Gasteiger partial charge in [0.2, 0.25) is 10.0 Å². The quantitative estimate of drug-likeness (QED) is 0.219. The highest BCUT2D eigenvalue weighted by atomic mass is 127. The summed E-state index contributed by atoms with van der Waals surface area (Å²) in [7, 11) is -1.98. The van der Waals surface area contributed by atoms with Crippen LogP contribution in [0.15, 0.2) is 34.2 Å². The monoisotopic (exact) mass is 482 g/mol. The van der Waals surface area contributed by atoms with Crippen LogP contribution in [0.25, 0.3) is 0 Å². The highest BCUT2D eigenvalue weighted by molar-refractivity contribution is 14.0. The van der Waals surface area contributed by atoms with Gasteiger partial charge in [-0.25, -0.2) is 18.1 Å². The molecule has 0 spiro atoms. The van der Waals surface area contributed by atoms with Crippen molar-refractivity contribution in [2.24, 2.45) is 10.9 Å². The molecule has 0 saturated carbocycles. The maximum absolute atomic E-state index is 11.7. The topological polar surface area (TPSA) is 82.6 Å². The Hall–Kier alpha value is -0.870. The van der Waals surface area contributed by atoms with E-state index in [0.29, 0.717) is 12.5 Å². The first-order valence-corrected chi connectivity index (χ1v) is 9.92. The van der Waals surface area contributed by atoms with Crippen LogP contribution >= 0.6 is 24.0 Å². The maximum Gasteiger partial charge on any atom is 0.240 e. The third kappa shape index (κ3) is 9.41. The number of nitrogens with one attached hydrogen (secondary N) is 3. The molecule has 0 amide bonds. The first-order chi connectivity index (χ1) is 11.4. The molecule has 8 heteroatoms. The number of sulfonamides is 1. The highest BCUT2D eigenvalue weighted by Gasteiger charge is 2.10. The zero-order chi connectivity index (χ0) is 18.0. The van der Waals surface area contributed by atoms with Gasteiger partial charge in [0, 0.05) is 13.1 Å². The molecule has 0 radical (unpaired) electrons. The van der Waals surface area contributed by atoms with E-state index in [4.69, 9.17) is 0 Å². The molecule has 0 fully saturated rings. The second-order valence-corrected chi connectivity index (χ2v) is 7.90. The van der Waals surface area contributed by atoms with E-state index in [9.17, 15) is 8.42 Å². The Morgan fingerprint density at radius 2 is 1.80 bits per heavy atom. The third-order valence-corrected chi connectivity index (χ3v) is 4.95. The number of aliphatic imine (C=N–C) groups is 1. The van der Waals surface area contributed by atoms with Crippen LogP contribution in [0.4, 0.5) is 0 Å². The van der Waals surface area contributed by atoms with Crippen molar-refractivity contribution in [3.05, 3.63) is 29.8 Å². The predicted molar refractivity (Wildman–Crippen MR) is 115 cm³/mol. The van der Waals surface area contributed by atoms with E-state index in [2.05, 4.69) is 34.2 Å². The summed E-state index contributed by atoms with van der Waals surface area (Å²) in [6, 6.07) is 6.77. The summed E-state index contributed by atoms with van der Waals surface area (Å²) in [4.78, 5) is 4.80. The van der Waals surface area contributed by atoms with Crippen LogP contribution < -0.4 is 15.4 Å². The van der Waals surface area contributed by atoms with Crippen molar-refractivity contribution in [2.45, 2.75) is 45.1 Å². The molecule has 0 bridgehead atoms. The Bertz CT molecular complexity index is 616. The van der Waals surface area contributed by atoms with Crippen LogP contribution in [-0.2, 0) is 16.6 Å². The Balaban J connectivity index is 0.00000576. The molecule has 0 atom stereocenters. The molecule has 6 nitrogen and oxygen atoms in total. The fourth-order valence-corrected chi connectivity index (χ4v) is 2.85. The van der Waals surface area contributed by atoms with Crippen LogP contribution in [0.5, 0.6) is 0 Å². The van der Waals surface area contributed by atoms with Gasteiger partial charge >= 0.3 is 0 Å². The van der Waals surface area contributed by atoms with E-state index in [-0.39, 0.29) is 28.9 Å². The molecule has 0 aliphatic rings. The van der Waals surface area contributed by atoms with Gasteiger partial charge in [-0.15, -0.1) is 24.0 Å². The molecular weight excluding hydrogens is 451 g/mol. The highest BCUT2D eigenvalue weighted by Crippen LogP contribution is 2.10. The summed E-state index contributed by atoms with van der Waals surface area (Å²) in [5, 5.41) is 6.54. The molecule has 0 unspecified atom stereocenters. The average Bonchev–Trinajstić information content (AvgIpc) is 2.56. The van der Waals surface area contributed by atoms with Crippen LogP contribution in [-0.4, -0.2) is 34.5 Å². The second kappa shape index (κ2) is 12.5. The first kappa shape index (κ1) is 24.1. The zero-order valence-corrected chi connectivity index (χ0v) is 18.6. The molecule has 0 saturated heterocycles. The van der Waals surface area contributed by atoms with Crippen molar-refractivity contribution in [3.63, 3.8) is 0 Å². The van der Waals surface area contributed by atoms with Crippen molar-refractivity contribution >= 4 is 40.0 Å². The van der Waals surface area contributed by atoms with Gasteiger partial charge in [0.05, 0.1) is 11.4 Å². The van der Waals surface area contributed by atoms with E-state index in [1.54, 1.807) is 24.3 Å². The normalized spacial score (nSPS) is 12.0. The van der Waals surface area contributed by atoms with Gasteiger partial charge < -0.3 is 10.6 Å². The lowest BCUT2D eigenvalue weighted by molar-refractivity contribution is 0.549. The van der Waals surface area contributed by atoms with E-state index < -0.39 is 10.0 Å². The second-order valence-electron chi connectivity index (χ2n) is 6.01. The van der Waals surface area contributed by atoms with Crippen LogP contribution in [0.3, 0.4) is 0 Å². The van der Waals surface area contributed by atoms with E-state index in [1.807, 2.05) is 6.92 Å². The van der Waals surface area contributed by atoms with Gasteiger partial charge in [0.25, 0.3) is 0 Å². The van der Waals surface area contributed by atoms with Crippen LogP contribution in [0.1, 0.15) is 39.2 Å². The van der Waals surface area contributed by atoms with Gasteiger partial charge in [0.1, 0.15) is 0 Å². The molecule has 3 N–H and O–H groups in total. The molecule has 0 aromatic heterocycles. The van der Waals surface area contributed by atoms with Gasteiger partial charge in [-0.3, -0.25) is 0 Å². The van der Waals surface area contributed by atoms with Gasteiger partial charge in [-0.05, 0) is 50.4 Å². The Kier molecular flexibility index (Phi) is 12.0. The third-order valence-electron chi connectivity index (χ3n) is 3.52. The average molecular weight is 482 g/mol. The molecule has 144 valence electrons. The lowest BCUT2D eigenvalue weighted by Gasteiger charge is -2.12. The molecule has 1 aromatic carbocycles. The van der Waals surface area contributed by atoms with Gasteiger partial charge in [-0.1, -0.05) is 26.0 Å². The molecule has 0 heterocycles. The first-order valence-electron chi connectivity index (χ1n) is 8.43. The van der Waals surface area contributed by atoms with Crippen molar-refractivity contribution in [3.8, 4) is 0 Å². The SMILES string of the molecule is CCNC(=NCc1ccc(S(=O)(=O)NC)cc1)NCCCC(C)C.I. The molecule has 25 heavy (non-hydrogen) atoms. The number of guanidine groups is 1. The minimum atomic E-state index is -3.39. The van der Waals surface area contributed by atoms with Crippen LogP contribution in [0.2, 0.25) is 0 Å². The Morgan fingerprint density at radius 1 is 1.16 bits per heavy atom. The van der Waals surface area contributed by atoms with E-state index >= 15 is 0 Å². The molecular formula is C17H31IN4O2S. The standard InChI is InChI=1S/C17H30N4O2S.HI/c1-5-19-17(20-12-6-7-14(2)3)21-13-15-8-10-16(11-9-15)24(22,23)18-4;/h8-11,14,18H,5-7,12-13H2,1-4H3,(H2,19,20,21);1H. The number of hydrogen-bond donors (Lipinski definition) is 3. The molecule has 1 aromatic rings. The number of benzene rings is 1. The minimum Gasteiger partial charge on any atom is -0.357 e. The Labute approximate surface area is 169 Å². The van der Waals surface area contributed by atoms with Crippen molar-refractivity contribution < 1.29 is 8.42 Å². The lowest BCUT2D eigenvalue weighted by atomic mass is 10.1. The van der Waals surface area contributed by atoms with Crippen molar-refractivity contribution in [1.29, 1.82) is 0 Å². The summed E-state index contributed by atoms with van der Waals surface area (Å²) in [6.45, 7) is 8.66. The van der Waals surface area contributed by atoms with Gasteiger partial charge in [0.15, 0.2) is 5.96 Å². The summed E-state index contributed by atoms with van der Waals surface area (Å²) in [6.07, 6.45) is 2.30. The Morgan fingerprint density at radius 3 is 2.32 bits per heavy atom. The molecule has 0 aliphatic heterocycles. The fourth-order valence-electron chi connectivity index (χ4n) is 2.12. The molecule has 1 rings (SSSR count). The zero-order valence-electron chi connectivity index (χ0n) is 15.5. The largest absolute Gasteiger partial charge is 0.357 e. The summed E-state index contributed by atoms with van der Waals surface area (Å²) < 4.78 is 25.7. The fraction of sp³-hybridized carbons (Fsp3) is 0.588. The molecule has 0 aliphatic carbocycles. The summed E-state index contributed by atoms with van der Waals surface area (Å²) >= 11 is 0. The summed E-state index contributed by atoms with van der Waals surface area (Å²) in [5.41, 5.74) is 0.962. The smallest absolute Gasteiger partial charge is 0.240 e. The number of nitrogens with zero attached hydrogens (tertiary/aromatic N) is 1. The maximum atomic E-state index is 11.7. The lowest BCUT2D eigenvalue weighted by Crippen LogP contribution is -2.37. The number of rotatable bonds is 9. The van der Waals surface area contributed by atoms with Crippen LogP contribution in [0, 0.1) is 5.92 Å². The summed E-state index contributed by atoms with van der Waals surface area (Å²) in [5.74, 6) is 1.49. The minimum absolute atomic E-state index is 0. The van der Waals surface area contributed by atoms with Gasteiger partial charge in [-0.2, -0.15) is 0 Å².